The topological polar surface area (TPSA) is 50.4 Å². The molecule has 1 aliphatic rings. The van der Waals surface area contributed by atoms with Gasteiger partial charge in [-0.3, -0.25) is 0 Å². The predicted octanol–water partition coefficient (Wildman–Crippen LogP) is 4.51. The first-order valence-electron chi connectivity index (χ1n) is 7.77. The van der Waals surface area contributed by atoms with E-state index in [0.29, 0.717) is 17.9 Å². The largest absolute Gasteiger partial charge is 0.370 e. The highest BCUT2D eigenvalue weighted by Gasteiger charge is 2.39. The SMILES string of the molecule is Cc1cc(C)cc(NC(N)=NC2CC2c2ccccc2C)c1.I. The molecular formula is C19H24IN3. The number of nitrogens with zero attached hydrogens (tertiary/aromatic N) is 1. The van der Waals surface area contributed by atoms with Gasteiger partial charge >= 0.3 is 0 Å². The lowest BCUT2D eigenvalue weighted by atomic mass is 10.0. The zero-order valence-electron chi connectivity index (χ0n) is 13.8. The van der Waals surface area contributed by atoms with Crippen LogP contribution in [0.3, 0.4) is 0 Å². The number of aryl methyl sites for hydroxylation is 3. The molecule has 0 radical (unpaired) electrons. The minimum Gasteiger partial charge on any atom is -0.370 e. The van der Waals surface area contributed by atoms with Gasteiger partial charge in [0, 0.05) is 11.6 Å². The molecule has 0 aromatic heterocycles. The quantitative estimate of drug-likeness (QED) is 0.435. The van der Waals surface area contributed by atoms with Crippen LogP contribution in [0.2, 0.25) is 0 Å². The second-order valence-corrected chi connectivity index (χ2v) is 6.28. The third-order valence-corrected chi connectivity index (χ3v) is 4.14. The Morgan fingerprint density at radius 2 is 1.74 bits per heavy atom. The number of rotatable bonds is 3. The summed E-state index contributed by atoms with van der Waals surface area (Å²) in [4.78, 5) is 4.63. The smallest absolute Gasteiger partial charge is 0.193 e. The highest BCUT2D eigenvalue weighted by Crippen LogP contribution is 2.44. The van der Waals surface area contributed by atoms with Gasteiger partial charge < -0.3 is 11.1 Å². The van der Waals surface area contributed by atoms with Crippen LogP contribution in [-0.2, 0) is 0 Å². The predicted molar refractivity (Wildman–Crippen MR) is 109 cm³/mol. The van der Waals surface area contributed by atoms with Gasteiger partial charge in [-0.05, 0) is 61.6 Å². The fourth-order valence-corrected chi connectivity index (χ4v) is 3.07. The first-order valence-corrected chi connectivity index (χ1v) is 7.77. The van der Waals surface area contributed by atoms with Crippen molar-refractivity contribution >= 4 is 35.6 Å². The standard InChI is InChI=1S/C19H23N3.HI/c1-12-8-13(2)10-15(9-12)21-19(20)22-18-11-17(18)16-7-5-4-6-14(16)3;/h4-10,17-18H,11H2,1-3H3,(H3,20,21,22);1H. The molecule has 1 fully saturated rings. The van der Waals surface area contributed by atoms with Gasteiger partial charge in [0.2, 0.25) is 0 Å². The van der Waals surface area contributed by atoms with Crippen LogP contribution in [0, 0.1) is 20.8 Å². The van der Waals surface area contributed by atoms with E-state index in [0.717, 1.165) is 12.1 Å². The molecule has 4 heteroatoms. The number of halogens is 1. The van der Waals surface area contributed by atoms with Crippen LogP contribution >= 0.6 is 24.0 Å². The molecule has 1 aliphatic carbocycles. The fraction of sp³-hybridized carbons (Fsp3) is 0.316. The summed E-state index contributed by atoms with van der Waals surface area (Å²) in [6.07, 6.45) is 1.08. The van der Waals surface area contributed by atoms with Crippen molar-refractivity contribution in [2.75, 3.05) is 5.32 Å². The summed E-state index contributed by atoms with van der Waals surface area (Å²) in [5.41, 5.74) is 12.3. The van der Waals surface area contributed by atoms with Crippen molar-refractivity contribution in [1.82, 2.24) is 0 Å². The third-order valence-electron chi connectivity index (χ3n) is 4.14. The molecule has 0 amide bonds. The van der Waals surface area contributed by atoms with E-state index in [1.807, 2.05) is 0 Å². The molecule has 2 aromatic carbocycles. The number of anilines is 1. The minimum absolute atomic E-state index is 0. The van der Waals surface area contributed by atoms with Crippen LogP contribution < -0.4 is 11.1 Å². The number of hydrogen-bond acceptors (Lipinski definition) is 1. The van der Waals surface area contributed by atoms with E-state index in [2.05, 4.69) is 73.5 Å². The summed E-state index contributed by atoms with van der Waals surface area (Å²) < 4.78 is 0. The number of hydrogen-bond donors (Lipinski definition) is 2. The lowest BCUT2D eigenvalue weighted by Crippen LogP contribution is -2.23. The van der Waals surface area contributed by atoms with Gasteiger partial charge in [-0.1, -0.05) is 30.3 Å². The second-order valence-electron chi connectivity index (χ2n) is 6.28. The Hall–Kier alpha value is -1.56. The van der Waals surface area contributed by atoms with Crippen LogP contribution in [0.15, 0.2) is 47.5 Å². The molecule has 0 heterocycles. The Kier molecular flexibility index (Phi) is 5.68. The number of nitrogens with one attached hydrogen (secondary N) is 1. The first-order chi connectivity index (χ1) is 10.5. The van der Waals surface area contributed by atoms with Crippen molar-refractivity contribution in [2.24, 2.45) is 10.7 Å². The summed E-state index contributed by atoms with van der Waals surface area (Å²) in [7, 11) is 0. The summed E-state index contributed by atoms with van der Waals surface area (Å²) in [5, 5.41) is 3.21. The van der Waals surface area contributed by atoms with Gasteiger partial charge in [-0.2, -0.15) is 0 Å². The Labute approximate surface area is 155 Å². The zero-order chi connectivity index (χ0) is 15.7. The van der Waals surface area contributed by atoms with Crippen molar-refractivity contribution in [1.29, 1.82) is 0 Å². The lowest BCUT2D eigenvalue weighted by molar-refractivity contribution is 0.975. The van der Waals surface area contributed by atoms with Crippen molar-refractivity contribution in [3.63, 3.8) is 0 Å². The summed E-state index contributed by atoms with van der Waals surface area (Å²) in [6, 6.07) is 15.2. The van der Waals surface area contributed by atoms with Crippen molar-refractivity contribution < 1.29 is 0 Å². The third kappa shape index (κ3) is 4.47. The van der Waals surface area contributed by atoms with Crippen LogP contribution in [0.4, 0.5) is 5.69 Å². The maximum atomic E-state index is 6.06. The van der Waals surface area contributed by atoms with Gasteiger partial charge in [0.05, 0.1) is 6.04 Å². The first kappa shape index (κ1) is 17.8. The van der Waals surface area contributed by atoms with Gasteiger partial charge in [0.15, 0.2) is 5.96 Å². The van der Waals surface area contributed by atoms with Gasteiger partial charge in [-0.15, -0.1) is 24.0 Å². The minimum atomic E-state index is 0. The van der Waals surface area contributed by atoms with Crippen LogP contribution in [0.5, 0.6) is 0 Å². The lowest BCUT2D eigenvalue weighted by Gasteiger charge is -2.08. The normalized spacial score (nSPS) is 19.9. The summed E-state index contributed by atoms with van der Waals surface area (Å²) in [5.74, 6) is 1.02. The Morgan fingerprint density at radius 3 is 2.39 bits per heavy atom. The molecule has 0 spiro atoms. The van der Waals surface area contributed by atoms with E-state index in [4.69, 9.17) is 5.73 Å². The van der Waals surface area contributed by atoms with Gasteiger partial charge in [-0.25, -0.2) is 4.99 Å². The highest BCUT2D eigenvalue weighted by molar-refractivity contribution is 14.0. The Bertz CT molecular complexity index is 704. The Morgan fingerprint density at radius 1 is 1.09 bits per heavy atom. The highest BCUT2D eigenvalue weighted by atomic mass is 127. The van der Waals surface area contributed by atoms with E-state index in [1.54, 1.807) is 0 Å². The maximum absolute atomic E-state index is 6.06. The molecule has 2 atom stereocenters. The number of benzene rings is 2. The molecule has 2 unspecified atom stereocenters. The molecule has 0 bridgehead atoms. The molecule has 23 heavy (non-hydrogen) atoms. The average molecular weight is 421 g/mol. The van der Waals surface area contributed by atoms with E-state index in [9.17, 15) is 0 Å². The van der Waals surface area contributed by atoms with Crippen LogP contribution in [0.25, 0.3) is 0 Å². The fourth-order valence-electron chi connectivity index (χ4n) is 3.07. The molecule has 1 saturated carbocycles. The van der Waals surface area contributed by atoms with Crippen LogP contribution in [0.1, 0.15) is 34.6 Å². The summed E-state index contributed by atoms with van der Waals surface area (Å²) >= 11 is 0. The van der Waals surface area contributed by atoms with E-state index in [1.165, 1.54) is 22.3 Å². The van der Waals surface area contributed by atoms with E-state index >= 15 is 0 Å². The van der Waals surface area contributed by atoms with E-state index < -0.39 is 0 Å². The summed E-state index contributed by atoms with van der Waals surface area (Å²) in [6.45, 7) is 6.33. The number of guanidine groups is 1. The van der Waals surface area contributed by atoms with E-state index in [-0.39, 0.29) is 24.0 Å². The average Bonchev–Trinajstić information content (AvgIpc) is 3.16. The number of nitrogens with two attached hydrogens (primary N) is 1. The monoisotopic (exact) mass is 421 g/mol. The van der Waals surface area contributed by atoms with Crippen molar-refractivity contribution in [3.8, 4) is 0 Å². The Balaban J connectivity index is 0.00000192. The molecule has 3 N–H and O–H groups in total. The molecule has 2 aromatic rings. The molecule has 0 saturated heterocycles. The molecule has 3 rings (SSSR count). The maximum Gasteiger partial charge on any atom is 0.193 e. The van der Waals surface area contributed by atoms with Crippen molar-refractivity contribution in [3.05, 3.63) is 64.7 Å². The molecule has 3 nitrogen and oxygen atoms in total. The number of aliphatic imine (C=N–C) groups is 1. The second kappa shape index (κ2) is 7.34. The molecule has 122 valence electrons. The van der Waals surface area contributed by atoms with Gasteiger partial charge in [0.1, 0.15) is 0 Å². The van der Waals surface area contributed by atoms with Gasteiger partial charge in [0.25, 0.3) is 0 Å². The molecular weight excluding hydrogens is 397 g/mol. The van der Waals surface area contributed by atoms with Crippen molar-refractivity contribution in [2.45, 2.75) is 39.2 Å². The zero-order valence-corrected chi connectivity index (χ0v) is 16.2. The molecule has 0 aliphatic heterocycles. The van der Waals surface area contributed by atoms with Crippen LogP contribution in [-0.4, -0.2) is 12.0 Å².